The summed E-state index contributed by atoms with van der Waals surface area (Å²) >= 11 is 0. The van der Waals surface area contributed by atoms with Gasteiger partial charge in [0.05, 0.1) is 11.1 Å². The van der Waals surface area contributed by atoms with E-state index in [1.54, 1.807) is 13.2 Å². The predicted molar refractivity (Wildman–Crippen MR) is 83.3 cm³/mol. The van der Waals surface area contributed by atoms with Gasteiger partial charge in [-0.3, -0.25) is 9.78 Å². The van der Waals surface area contributed by atoms with Crippen LogP contribution < -0.4 is 0 Å². The minimum Gasteiger partial charge on any atom is -0.363 e. The fourth-order valence-electron chi connectivity index (χ4n) is 3.18. The fraction of sp³-hybridized carbons (Fsp3) is 0.111. The highest BCUT2D eigenvalue weighted by Crippen LogP contribution is 2.43. The standard InChI is InChI=1S/C18H14N2O2/c1-20-17(21)14-11-19-15-10-6-5-9-13(15)16(14)18(20,22)12-7-3-2-4-8-12/h2-11,22H,1H3. The number of hydrogen-bond acceptors (Lipinski definition) is 3. The average Bonchev–Trinajstić information content (AvgIpc) is 2.78. The molecule has 4 nitrogen and oxygen atoms in total. The molecule has 3 aromatic rings. The Morgan fingerprint density at radius 3 is 2.50 bits per heavy atom. The summed E-state index contributed by atoms with van der Waals surface area (Å²) in [5, 5.41) is 12.2. The average molecular weight is 290 g/mol. The quantitative estimate of drug-likeness (QED) is 0.749. The third-order valence-electron chi connectivity index (χ3n) is 4.32. The van der Waals surface area contributed by atoms with E-state index in [1.165, 1.54) is 4.90 Å². The maximum absolute atomic E-state index is 12.6. The number of carbonyl (C=O) groups is 1. The Hall–Kier alpha value is -2.72. The molecule has 1 unspecified atom stereocenters. The molecule has 2 heterocycles. The summed E-state index contributed by atoms with van der Waals surface area (Å²) in [5.41, 5.74) is 1.01. The predicted octanol–water partition coefficient (Wildman–Crippen LogP) is 2.51. The van der Waals surface area contributed by atoms with Crippen LogP contribution in [-0.4, -0.2) is 27.9 Å². The first-order chi connectivity index (χ1) is 10.6. The van der Waals surface area contributed by atoms with E-state index in [9.17, 15) is 9.90 Å². The molecule has 1 atom stereocenters. The second-order valence-corrected chi connectivity index (χ2v) is 5.47. The summed E-state index contributed by atoms with van der Waals surface area (Å²) in [6.45, 7) is 0. The van der Waals surface area contributed by atoms with E-state index in [0.29, 0.717) is 16.7 Å². The highest BCUT2D eigenvalue weighted by Gasteiger charge is 2.49. The van der Waals surface area contributed by atoms with Gasteiger partial charge in [-0.05, 0) is 6.07 Å². The molecule has 2 aromatic carbocycles. The Balaban J connectivity index is 2.12. The number of fused-ring (bicyclic) bond motifs is 3. The van der Waals surface area contributed by atoms with E-state index < -0.39 is 5.72 Å². The van der Waals surface area contributed by atoms with Crippen molar-refractivity contribution in [2.24, 2.45) is 0 Å². The van der Waals surface area contributed by atoms with Crippen molar-refractivity contribution < 1.29 is 9.90 Å². The lowest BCUT2D eigenvalue weighted by molar-refractivity contribution is -0.0359. The molecule has 0 aliphatic carbocycles. The van der Waals surface area contributed by atoms with Gasteiger partial charge < -0.3 is 10.0 Å². The van der Waals surface area contributed by atoms with Gasteiger partial charge >= 0.3 is 0 Å². The van der Waals surface area contributed by atoms with Gasteiger partial charge in [-0.2, -0.15) is 0 Å². The molecule has 0 fully saturated rings. The number of carbonyl (C=O) groups excluding carboxylic acids is 1. The summed E-state index contributed by atoms with van der Waals surface area (Å²) < 4.78 is 0. The number of rotatable bonds is 1. The highest BCUT2D eigenvalue weighted by molar-refractivity contribution is 6.05. The zero-order chi connectivity index (χ0) is 15.3. The van der Waals surface area contributed by atoms with Gasteiger partial charge in [0.1, 0.15) is 0 Å². The number of benzene rings is 2. The summed E-state index contributed by atoms with van der Waals surface area (Å²) in [5.74, 6) is -0.223. The second kappa shape index (κ2) is 4.39. The van der Waals surface area contributed by atoms with Gasteiger partial charge in [-0.25, -0.2) is 0 Å². The van der Waals surface area contributed by atoms with Crippen LogP contribution in [0, 0.1) is 0 Å². The first-order valence-corrected chi connectivity index (χ1v) is 7.08. The zero-order valence-electron chi connectivity index (χ0n) is 12.0. The van der Waals surface area contributed by atoms with E-state index in [0.717, 1.165) is 10.9 Å². The van der Waals surface area contributed by atoms with Crippen molar-refractivity contribution in [3.63, 3.8) is 0 Å². The number of pyridine rings is 1. The van der Waals surface area contributed by atoms with Crippen molar-refractivity contribution in [2.45, 2.75) is 5.72 Å². The Morgan fingerprint density at radius 2 is 1.73 bits per heavy atom. The molecule has 108 valence electrons. The molecule has 0 radical (unpaired) electrons. The third kappa shape index (κ3) is 1.50. The van der Waals surface area contributed by atoms with E-state index in [4.69, 9.17) is 0 Å². The molecule has 0 spiro atoms. The molecule has 0 saturated heterocycles. The van der Waals surface area contributed by atoms with Crippen LogP contribution in [0.4, 0.5) is 0 Å². The first-order valence-electron chi connectivity index (χ1n) is 7.08. The Labute approximate surface area is 127 Å². The third-order valence-corrected chi connectivity index (χ3v) is 4.32. The first kappa shape index (κ1) is 13.0. The number of hydrogen-bond donors (Lipinski definition) is 1. The monoisotopic (exact) mass is 290 g/mol. The molecule has 4 heteroatoms. The second-order valence-electron chi connectivity index (χ2n) is 5.47. The number of para-hydroxylation sites is 1. The topological polar surface area (TPSA) is 53.4 Å². The van der Waals surface area contributed by atoms with Gasteiger partial charge in [-0.1, -0.05) is 48.5 Å². The van der Waals surface area contributed by atoms with Gasteiger partial charge in [0.2, 0.25) is 0 Å². The van der Waals surface area contributed by atoms with Crippen molar-refractivity contribution in [1.29, 1.82) is 0 Å². The van der Waals surface area contributed by atoms with Crippen molar-refractivity contribution in [2.75, 3.05) is 7.05 Å². The molecular weight excluding hydrogens is 276 g/mol. The maximum atomic E-state index is 12.6. The summed E-state index contributed by atoms with van der Waals surface area (Å²) in [4.78, 5) is 18.3. The Morgan fingerprint density at radius 1 is 1.05 bits per heavy atom. The number of aromatic nitrogens is 1. The normalized spacial score (nSPS) is 20.5. The molecule has 1 aliphatic heterocycles. The zero-order valence-corrected chi connectivity index (χ0v) is 12.0. The number of aliphatic hydroxyl groups is 1. The molecule has 1 N–H and O–H groups in total. The lowest BCUT2D eigenvalue weighted by Gasteiger charge is -2.32. The summed E-state index contributed by atoms with van der Waals surface area (Å²) in [6.07, 6.45) is 1.55. The van der Waals surface area contributed by atoms with Gasteiger partial charge in [0, 0.05) is 29.8 Å². The van der Waals surface area contributed by atoms with E-state index >= 15 is 0 Å². The van der Waals surface area contributed by atoms with Crippen molar-refractivity contribution in [3.05, 3.63) is 77.5 Å². The molecule has 1 aromatic heterocycles. The van der Waals surface area contributed by atoms with Crippen LogP contribution in [0.25, 0.3) is 10.9 Å². The van der Waals surface area contributed by atoms with Crippen LogP contribution >= 0.6 is 0 Å². The van der Waals surface area contributed by atoms with E-state index in [-0.39, 0.29) is 5.91 Å². The molecule has 4 rings (SSSR count). The van der Waals surface area contributed by atoms with E-state index in [2.05, 4.69) is 4.98 Å². The SMILES string of the molecule is CN1C(=O)c2cnc3ccccc3c2C1(O)c1ccccc1. The van der Waals surface area contributed by atoms with Crippen LogP contribution in [0.5, 0.6) is 0 Å². The molecular formula is C18H14N2O2. The van der Waals surface area contributed by atoms with E-state index in [1.807, 2.05) is 54.6 Å². The minimum absolute atomic E-state index is 0.223. The van der Waals surface area contributed by atoms with Crippen molar-refractivity contribution in [1.82, 2.24) is 9.88 Å². The smallest absolute Gasteiger partial charge is 0.258 e. The van der Waals surface area contributed by atoms with Crippen LogP contribution in [-0.2, 0) is 5.72 Å². The van der Waals surface area contributed by atoms with Crippen molar-refractivity contribution >= 4 is 16.8 Å². The fourth-order valence-corrected chi connectivity index (χ4v) is 3.18. The van der Waals surface area contributed by atoms with Crippen LogP contribution in [0.1, 0.15) is 21.5 Å². The maximum Gasteiger partial charge on any atom is 0.258 e. The van der Waals surface area contributed by atoms with Crippen LogP contribution in [0.3, 0.4) is 0 Å². The molecule has 0 saturated carbocycles. The summed E-state index contributed by atoms with van der Waals surface area (Å²) in [6, 6.07) is 16.8. The number of amides is 1. The molecule has 22 heavy (non-hydrogen) atoms. The highest BCUT2D eigenvalue weighted by atomic mass is 16.3. The summed E-state index contributed by atoms with van der Waals surface area (Å²) in [7, 11) is 1.62. The molecule has 0 bridgehead atoms. The Kier molecular flexibility index (Phi) is 2.59. The molecule has 1 amide bonds. The van der Waals surface area contributed by atoms with Gasteiger partial charge in [0.25, 0.3) is 5.91 Å². The lowest BCUT2D eigenvalue weighted by Crippen LogP contribution is -2.41. The van der Waals surface area contributed by atoms with Crippen molar-refractivity contribution in [3.8, 4) is 0 Å². The largest absolute Gasteiger partial charge is 0.363 e. The molecule has 1 aliphatic rings. The lowest BCUT2D eigenvalue weighted by atomic mass is 9.91. The van der Waals surface area contributed by atoms with Gasteiger partial charge in [0.15, 0.2) is 5.72 Å². The van der Waals surface area contributed by atoms with Crippen LogP contribution in [0.2, 0.25) is 0 Å². The van der Waals surface area contributed by atoms with Gasteiger partial charge in [-0.15, -0.1) is 0 Å². The minimum atomic E-state index is -1.48. The Bertz CT molecular complexity index is 892. The van der Waals surface area contributed by atoms with Crippen LogP contribution in [0.15, 0.2) is 60.8 Å². The number of nitrogens with zero attached hydrogens (tertiary/aromatic N) is 2.